The van der Waals surface area contributed by atoms with Gasteiger partial charge in [-0.25, -0.2) is 0 Å². The molecule has 3 unspecified atom stereocenters. The first-order valence-electron chi connectivity index (χ1n) is 6.36. The van der Waals surface area contributed by atoms with Gasteiger partial charge in [-0.3, -0.25) is 0 Å². The summed E-state index contributed by atoms with van der Waals surface area (Å²) >= 11 is 3.58. The lowest BCUT2D eigenvalue weighted by atomic mass is 9.95. The Bertz CT molecular complexity index is 421. The molecular formula is C14H18BrNO. The molecule has 1 aromatic carbocycles. The minimum absolute atomic E-state index is 0.467. The maximum absolute atomic E-state index is 5.84. The van der Waals surface area contributed by atoms with E-state index in [0.29, 0.717) is 18.2 Å². The van der Waals surface area contributed by atoms with Crippen LogP contribution in [0.15, 0.2) is 22.7 Å². The van der Waals surface area contributed by atoms with Gasteiger partial charge in [0.2, 0.25) is 0 Å². The van der Waals surface area contributed by atoms with E-state index in [-0.39, 0.29) is 0 Å². The zero-order valence-electron chi connectivity index (χ0n) is 10.1. The number of benzene rings is 1. The highest BCUT2D eigenvalue weighted by Gasteiger charge is 2.40. The highest BCUT2D eigenvalue weighted by atomic mass is 79.9. The van der Waals surface area contributed by atoms with Crippen molar-refractivity contribution in [3.8, 4) is 0 Å². The molecule has 0 radical (unpaired) electrons. The molecule has 2 fully saturated rings. The summed E-state index contributed by atoms with van der Waals surface area (Å²) in [4.78, 5) is 0. The molecule has 1 aromatic rings. The van der Waals surface area contributed by atoms with Gasteiger partial charge in [0.05, 0.1) is 12.2 Å². The van der Waals surface area contributed by atoms with Crippen molar-refractivity contribution in [1.29, 1.82) is 0 Å². The number of aryl methyl sites for hydroxylation is 1. The fourth-order valence-corrected chi connectivity index (χ4v) is 3.27. The monoisotopic (exact) mass is 295 g/mol. The molecule has 17 heavy (non-hydrogen) atoms. The zero-order valence-corrected chi connectivity index (χ0v) is 11.7. The third-order valence-electron chi connectivity index (χ3n) is 3.91. The second-order valence-electron chi connectivity index (χ2n) is 5.18. The van der Waals surface area contributed by atoms with E-state index >= 15 is 0 Å². The number of hydrogen-bond acceptors (Lipinski definition) is 2. The molecule has 1 N–H and O–H groups in total. The number of nitrogens with one attached hydrogen (secondary N) is 1. The lowest BCUT2D eigenvalue weighted by Gasteiger charge is -2.20. The summed E-state index contributed by atoms with van der Waals surface area (Å²) in [5.74, 6) is 0. The molecule has 3 atom stereocenters. The van der Waals surface area contributed by atoms with Crippen molar-refractivity contribution in [2.24, 2.45) is 0 Å². The Balaban J connectivity index is 1.59. The third kappa shape index (κ3) is 2.42. The summed E-state index contributed by atoms with van der Waals surface area (Å²) in [6.07, 6.45) is 4.69. The first kappa shape index (κ1) is 11.7. The van der Waals surface area contributed by atoms with Crippen LogP contribution in [0, 0.1) is 6.92 Å². The fourth-order valence-electron chi connectivity index (χ4n) is 2.85. The second-order valence-corrected chi connectivity index (χ2v) is 6.03. The van der Waals surface area contributed by atoms with Crippen molar-refractivity contribution in [2.75, 3.05) is 0 Å². The van der Waals surface area contributed by atoms with E-state index in [2.05, 4.69) is 46.4 Å². The topological polar surface area (TPSA) is 21.3 Å². The predicted octanol–water partition coefficient (Wildman–Crippen LogP) is 3.17. The van der Waals surface area contributed by atoms with Crippen molar-refractivity contribution in [1.82, 2.24) is 5.32 Å². The summed E-state index contributed by atoms with van der Waals surface area (Å²) < 4.78 is 7.04. The van der Waals surface area contributed by atoms with Gasteiger partial charge in [0, 0.05) is 17.1 Å². The number of rotatable bonds is 3. The maximum Gasteiger partial charge on any atom is 0.0733 e. The zero-order chi connectivity index (χ0) is 11.8. The smallest absolute Gasteiger partial charge is 0.0733 e. The van der Waals surface area contributed by atoms with Gasteiger partial charge in [-0.1, -0.05) is 28.1 Å². The van der Waals surface area contributed by atoms with Crippen LogP contribution in [-0.2, 0) is 11.3 Å². The highest BCUT2D eigenvalue weighted by molar-refractivity contribution is 9.10. The third-order valence-corrected chi connectivity index (χ3v) is 4.76. The molecule has 0 amide bonds. The number of ether oxygens (including phenoxy) is 1. The second kappa shape index (κ2) is 4.71. The van der Waals surface area contributed by atoms with Gasteiger partial charge in [-0.15, -0.1) is 0 Å². The number of hydrogen-bond donors (Lipinski definition) is 1. The summed E-state index contributed by atoms with van der Waals surface area (Å²) in [5.41, 5.74) is 2.63. The lowest BCUT2D eigenvalue weighted by Crippen LogP contribution is -2.36. The van der Waals surface area contributed by atoms with Crippen LogP contribution in [0.25, 0.3) is 0 Å². The minimum atomic E-state index is 0.467. The highest BCUT2D eigenvalue weighted by Crippen LogP contribution is 2.34. The van der Waals surface area contributed by atoms with Gasteiger partial charge in [0.15, 0.2) is 0 Å². The Labute approximate surface area is 111 Å². The van der Waals surface area contributed by atoms with Crippen molar-refractivity contribution in [3.63, 3.8) is 0 Å². The quantitative estimate of drug-likeness (QED) is 0.925. The number of fused-ring (bicyclic) bond motifs is 2. The summed E-state index contributed by atoms with van der Waals surface area (Å²) in [6.45, 7) is 3.06. The molecule has 2 saturated heterocycles. The van der Waals surface area contributed by atoms with Crippen molar-refractivity contribution in [3.05, 3.63) is 33.8 Å². The van der Waals surface area contributed by atoms with Crippen molar-refractivity contribution >= 4 is 15.9 Å². The van der Waals surface area contributed by atoms with E-state index in [4.69, 9.17) is 4.74 Å². The fraction of sp³-hybridized carbons (Fsp3) is 0.571. The van der Waals surface area contributed by atoms with Gasteiger partial charge >= 0.3 is 0 Å². The molecule has 2 bridgehead atoms. The molecule has 92 valence electrons. The molecule has 2 aliphatic heterocycles. The molecule has 0 aromatic heterocycles. The van der Waals surface area contributed by atoms with Crippen LogP contribution in [0.2, 0.25) is 0 Å². The Hall–Kier alpha value is -0.380. The Morgan fingerprint density at radius 1 is 1.41 bits per heavy atom. The van der Waals surface area contributed by atoms with Crippen LogP contribution < -0.4 is 5.32 Å². The molecule has 3 heteroatoms. The van der Waals surface area contributed by atoms with E-state index in [1.165, 1.54) is 34.9 Å². The number of halogens is 1. The van der Waals surface area contributed by atoms with Crippen LogP contribution in [-0.4, -0.2) is 18.2 Å². The van der Waals surface area contributed by atoms with E-state index < -0.39 is 0 Å². The molecular weight excluding hydrogens is 278 g/mol. The molecule has 0 aliphatic carbocycles. The van der Waals surface area contributed by atoms with Gasteiger partial charge in [-0.05, 0) is 43.4 Å². The van der Waals surface area contributed by atoms with Crippen molar-refractivity contribution in [2.45, 2.75) is 51.0 Å². The molecule has 2 heterocycles. The van der Waals surface area contributed by atoms with Crippen molar-refractivity contribution < 1.29 is 4.74 Å². The average Bonchev–Trinajstić information content (AvgIpc) is 2.92. The summed E-state index contributed by atoms with van der Waals surface area (Å²) in [5, 5.41) is 3.63. The minimum Gasteiger partial charge on any atom is -0.373 e. The molecule has 0 spiro atoms. The molecule has 2 aliphatic rings. The lowest BCUT2D eigenvalue weighted by molar-refractivity contribution is 0.0973. The van der Waals surface area contributed by atoms with E-state index in [1.807, 2.05) is 0 Å². The Morgan fingerprint density at radius 2 is 2.29 bits per heavy atom. The maximum atomic E-state index is 5.84. The van der Waals surface area contributed by atoms with Gasteiger partial charge < -0.3 is 10.1 Å². The normalized spacial score (nSPS) is 31.1. The average molecular weight is 296 g/mol. The standard InChI is InChI=1S/C14H18BrNO/c1-9-2-3-10(6-12(9)15)8-16-13-7-11-4-5-14(13)17-11/h2-3,6,11,13-14,16H,4-5,7-8H2,1H3. The van der Waals surface area contributed by atoms with Crippen LogP contribution in [0.3, 0.4) is 0 Å². The molecule has 2 nitrogen and oxygen atoms in total. The van der Waals surface area contributed by atoms with Crippen LogP contribution in [0.5, 0.6) is 0 Å². The predicted molar refractivity (Wildman–Crippen MR) is 72.0 cm³/mol. The van der Waals surface area contributed by atoms with Gasteiger partial charge in [0.1, 0.15) is 0 Å². The summed E-state index contributed by atoms with van der Waals surface area (Å²) in [7, 11) is 0. The first-order chi connectivity index (χ1) is 8.22. The van der Waals surface area contributed by atoms with Gasteiger partial charge in [-0.2, -0.15) is 0 Å². The van der Waals surface area contributed by atoms with E-state index in [0.717, 1.165) is 6.54 Å². The van der Waals surface area contributed by atoms with Gasteiger partial charge in [0.25, 0.3) is 0 Å². The van der Waals surface area contributed by atoms with E-state index in [9.17, 15) is 0 Å². The first-order valence-corrected chi connectivity index (χ1v) is 7.15. The summed E-state index contributed by atoms with van der Waals surface area (Å²) in [6, 6.07) is 7.13. The Morgan fingerprint density at radius 3 is 2.94 bits per heavy atom. The van der Waals surface area contributed by atoms with Crippen LogP contribution in [0.1, 0.15) is 30.4 Å². The molecule has 0 saturated carbocycles. The van der Waals surface area contributed by atoms with Crippen LogP contribution in [0.4, 0.5) is 0 Å². The van der Waals surface area contributed by atoms with E-state index in [1.54, 1.807) is 0 Å². The molecule has 3 rings (SSSR count). The van der Waals surface area contributed by atoms with Crippen LogP contribution >= 0.6 is 15.9 Å². The largest absolute Gasteiger partial charge is 0.373 e. The Kier molecular flexibility index (Phi) is 3.24. The SMILES string of the molecule is Cc1ccc(CNC2CC3CCC2O3)cc1Br.